The van der Waals surface area contributed by atoms with Crippen molar-refractivity contribution < 1.29 is 0 Å². The maximum Gasteiger partial charge on any atom is 0.131 e. The number of hydrogen-bond donors (Lipinski definition) is 1. The summed E-state index contributed by atoms with van der Waals surface area (Å²) in [6.07, 6.45) is 1.01. The van der Waals surface area contributed by atoms with E-state index >= 15 is 0 Å². The van der Waals surface area contributed by atoms with Crippen LogP contribution in [0.1, 0.15) is 5.56 Å². The predicted molar refractivity (Wildman–Crippen MR) is 65.8 cm³/mol. The monoisotopic (exact) mass is 238 g/mol. The van der Waals surface area contributed by atoms with Crippen molar-refractivity contribution in [3.05, 3.63) is 45.7 Å². The third-order valence-corrected chi connectivity index (χ3v) is 2.96. The van der Waals surface area contributed by atoms with E-state index in [0.717, 1.165) is 18.8 Å². The van der Waals surface area contributed by atoms with E-state index in [0.29, 0.717) is 5.15 Å². The molecule has 2 heterocycles. The molecule has 0 saturated carbocycles. The fraction of sp³-hybridized carbons (Fsp3) is 0.182. The van der Waals surface area contributed by atoms with Crippen LogP contribution in [0.2, 0.25) is 5.15 Å². The third kappa shape index (κ3) is 3.22. The van der Waals surface area contributed by atoms with Crippen molar-refractivity contribution in [1.29, 1.82) is 0 Å². The lowest BCUT2D eigenvalue weighted by Crippen LogP contribution is -2.05. The smallest absolute Gasteiger partial charge is 0.131 e. The molecule has 2 aromatic rings. The van der Waals surface area contributed by atoms with Crippen molar-refractivity contribution in [2.24, 2.45) is 0 Å². The van der Waals surface area contributed by atoms with E-state index in [4.69, 9.17) is 11.6 Å². The molecule has 0 aliphatic carbocycles. The number of pyridine rings is 1. The van der Waals surface area contributed by atoms with Crippen LogP contribution in [0.5, 0.6) is 0 Å². The quantitative estimate of drug-likeness (QED) is 0.826. The zero-order valence-corrected chi connectivity index (χ0v) is 9.68. The Morgan fingerprint density at radius 2 is 2.27 bits per heavy atom. The van der Waals surface area contributed by atoms with Gasteiger partial charge in [-0.3, -0.25) is 0 Å². The van der Waals surface area contributed by atoms with Crippen molar-refractivity contribution in [2.75, 3.05) is 11.9 Å². The van der Waals surface area contributed by atoms with Crippen LogP contribution >= 0.6 is 22.9 Å². The number of nitrogens with one attached hydrogen (secondary N) is 1. The van der Waals surface area contributed by atoms with Crippen molar-refractivity contribution in [3.8, 4) is 0 Å². The number of thiophene rings is 1. The number of anilines is 1. The Hall–Kier alpha value is -1.06. The summed E-state index contributed by atoms with van der Waals surface area (Å²) in [7, 11) is 0. The molecule has 0 bridgehead atoms. The highest BCUT2D eigenvalue weighted by atomic mass is 35.5. The Bertz CT molecular complexity index is 414. The fourth-order valence-corrected chi connectivity index (χ4v) is 2.14. The van der Waals surface area contributed by atoms with E-state index in [1.165, 1.54) is 5.56 Å². The van der Waals surface area contributed by atoms with Crippen LogP contribution in [-0.4, -0.2) is 11.5 Å². The van der Waals surface area contributed by atoms with Gasteiger partial charge < -0.3 is 5.32 Å². The fourth-order valence-electron chi connectivity index (χ4n) is 1.28. The molecule has 78 valence electrons. The van der Waals surface area contributed by atoms with Gasteiger partial charge in [-0.1, -0.05) is 17.7 Å². The zero-order valence-electron chi connectivity index (χ0n) is 8.11. The SMILES string of the molecule is Clc1cccc(NCCc2ccsc2)n1. The molecule has 15 heavy (non-hydrogen) atoms. The Labute approximate surface area is 97.9 Å². The average molecular weight is 239 g/mol. The first-order valence-corrected chi connectivity index (χ1v) is 6.04. The summed E-state index contributed by atoms with van der Waals surface area (Å²) in [4.78, 5) is 4.15. The molecule has 0 spiro atoms. The minimum absolute atomic E-state index is 0.524. The van der Waals surface area contributed by atoms with Gasteiger partial charge in [0, 0.05) is 6.54 Å². The Morgan fingerprint density at radius 1 is 1.33 bits per heavy atom. The van der Waals surface area contributed by atoms with Gasteiger partial charge in [0.1, 0.15) is 11.0 Å². The van der Waals surface area contributed by atoms with Gasteiger partial charge in [-0.15, -0.1) is 0 Å². The largest absolute Gasteiger partial charge is 0.370 e. The molecule has 0 aliphatic heterocycles. The van der Waals surface area contributed by atoms with Crippen molar-refractivity contribution in [2.45, 2.75) is 6.42 Å². The summed E-state index contributed by atoms with van der Waals surface area (Å²) < 4.78 is 0. The molecule has 2 rings (SSSR count). The van der Waals surface area contributed by atoms with Crippen LogP contribution in [0, 0.1) is 0 Å². The Morgan fingerprint density at radius 3 is 3.00 bits per heavy atom. The molecular formula is C11H11ClN2S. The molecular weight excluding hydrogens is 228 g/mol. The molecule has 0 atom stereocenters. The minimum atomic E-state index is 0.524. The van der Waals surface area contributed by atoms with E-state index in [-0.39, 0.29) is 0 Å². The summed E-state index contributed by atoms with van der Waals surface area (Å²) in [6.45, 7) is 0.879. The first-order valence-electron chi connectivity index (χ1n) is 4.72. The van der Waals surface area contributed by atoms with Crippen molar-refractivity contribution >= 4 is 28.8 Å². The average Bonchev–Trinajstić information content (AvgIpc) is 2.71. The minimum Gasteiger partial charge on any atom is -0.370 e. The molecule has 0 aromatic carbocycles. The molecule has 0 amide bonds. The van der Waals surface area contributed by atoms with Gasteiger partial charge in [-0.2, -0.15) is 11.3 Å². The van der Waals surface area contributed by atoms with Crippen LogP contribution in [0.15, 0.2) is 35.0 Å². The molecule has 4 heteroatoms. The van der Waals surface area contributed by atoms with E-state index in [9.17, 15) is 0 Å². The van der Waals surface area contributed by atoms with Gasteiger partial charge in [0.05, 0.1) is 0 Å². The summed E-state index contributed by atoms with van der Waals surface area (Å²) in [6, 6.07) is 7.71. The number of rotatable bonds is 4. The van der Waals surface area contributed by atoms with E-state index in [2.05, 4.69) is 27.1 Å². The van der Waals surface area contributed by atoms with Crippen LogP contribution < -0.4 is 5.32 Å². The zero-order chi connectivity index (χ0) is 10.5. The number of hydrogen-bond acceptors (Lipinski definition) is 3. The maximum atomic E-state index is 5.77. The van der Waals surface area contributed by atoms with Gasteiger partial charge in [0.2, 0.25) is 0 Å². The molecule has 0 fully saturated rings. The Kier molecular flexibility index (Phi) is 3.59. The van der Waals surface area contributed by atoms with Gasteiger partial charge in [-0.25, -0.2) is 4.98 Å². The Balaban J connectivity index is 1.83. The summed E-state index contributed by atoms with van der Waals surface area (Å²) >= 11 is 7.50. The van der Waals surface area contributed by atoms with Crippen molar-refractivity contribution in [1.82, 2.24) is 4.98 Å². The summed E-state index contributed by atoms with van der Waals surface area (Å²) in [5, 5.41) is 8.01. The molecule has 0 radical (unpaired) electrons. The van der Waals surface area contributed by atoms with Crippen LogP contribution in [0.25, 0.3) is 0 Å². The molecule has 1 N–H and O–H groups in total. The predicted octanol–water partition coefficient (Wildman–Crippen LogP) is 3.45. The third-order valence-electron chi connectivity index (χ3n) is 2.02. The van der Waals surface area contributed by atoms with Gasteiger partial charge in [0.25, 0.3) is 0 Å². The molecule has 2 aromatic heterocycles. The molecule has 0 aliphatic rings. The van der Waals surface area contributed by atoms with Crippen LogP contribution in [-0.2, 0) is 6.42 Å². The number of nitrogens with zero attached hydrogens (tertiary/aromatic N) is 1. The van der Waals surface area contributed by atoms with Gasteiger partial charge >= 0.3 is 0 Å². The summed E-state index contributed by atoms with van der Waals surface area (Å²) in [5.41, 5.74) is 1.36. The van der Waals surface area contributed by atoms with E-state index < -0.39 is 0 Å². The maximum absolute atomic E-state index is 5.77. The second-order valence-electron chi connectivity index (χ2n) is 3.15. The lowest BCUT2D eigenvalue weighted by atomic mass is 10.2. The van der Waals surface area contributed by atoms with E-state index in [1.54, 1.807) is 17.4 Å². The standard InChI is InChI=1S/C11H11ClN2S/c12-10-2-1-3-11(14-10)13-6-4-9-5-7-15-8-9/h1-3,5,7-8H,4,6H2,(H,13,14). The first kappa shape index (κ1) is 10.5. The molecule has 0 saturated heterocycles. The highest BCUT2D eigenvalue weighted by molar-refractivity contribution is 7.07. The summed E-state index contributed by atoms with van der Waals surface area (Å²) in [5.74, 6) is 0.831. The highest BCUT2D eigenvalue weighted by Crippen LogP contribution is 2.10. The van der Waals surface area contributed by atoms with Crippen molar-refractivity contribution in [3.63, 3.8) is 0 Å². The molecule has 0 unspecified atom stereocenters. The van der Waals surface area contributed by atoms with E-state index in [1.807, 2.05) is 12.1 Å². The van der Waals surface area contributed by atoms with Gasteiger partial charge in [-0.05, 0) is 40.9 Å². The topological polar surface area (TPSA) is 24.9 Å². The van der Waals surface area contributed by atoms with Crippen LogP contribution in [0.4, 0.5) is 5.82 Å². The lowest BCUT2D eigenvalue weighted by molar-refractivity contribution is 1.01. The van der Waals surface area contributed by atoms with Crippen LogP contribution in [0.3, 0.4) is 0 Å². The lowest BCUT2D eigenvalue weighted by Gasteiger charge is -2.04. The number of aromatic nitrogens is 1. The first-order chi connectivity index (χ1) is 7.34. The molecule has 2 nitrogen and oxygen atoms in total. The second-order valence-corrected chi connectivity index (χ2v) is 4.32. The second kappa shape index (κ2) is 5.14. The normalized spacial score (nSPS) is 10.2. The highest BCUT2D eigenvalue weighted by Gasteiger charge is 1.96. The van der Waals surface area contributed by atoms with Gasteiger partial charge in [0.15, 0.2) is 0 Å². The number of halogens is 1.